The summed E-state index contributed by atoms with van der Waals surface area (Å²) in [5, 5.41) is 0. The van der Waals surface area contributed by atoms with E-state index in [0.717, 1.165) is 48.8 Å². The number of nitrogens with one attached hydrogen (secondary N) is 1. The van der Waals surface area contributed by atoms with Crippen molar-refractivity contribution in [2.24, 2.45) is 0 Å². The lowest BCUT2D eigenvalue weighted by Crippen LogP contribution is -2.24. The summed E-state index contributed by atoms with van der Waals surface area (Å²) in [6.45, 7) is 1.88. The number of hydrogen-bond acceptors (Lipinski definition) is 5. The van der Waals surface area contributed by atoms with Crippen LogP contribution in [0.3, 0.4) is 0 Å². The van der Waals surface area contributed by atoms with E-state index in [-0.39, 0.29) is 6.04 Å². The molecule has 4 rings (SSSR count). The van der Waals surface area contributed by atoms with Gasteiger partial charge in [0.1, 0.15) is 5.69 Å². The Hall–Kier alpha value is -2.60. The fraction of sp³-hybridized carbons (Fsp3) is 0.294. The van der Waals surface area contributed by atoms with Crippen molar-refractivity contribution in [2.75, 3.05) is 6.54 Å². The third kappa shape index (κ3) is 2.85. The molecule has 0 spiro atoms. The van der Waals surface area contributed by atoms with Gasteiger partial charge in [-0.3, -0.25) is 14.9 Å². The standard InChI is InChI=1S/C17H18N6/c1-2-6-18-13(4-1)12-23-11-3-5-14(23)15-16(20-8-7-19-15)17-21-9-10-22-17/h1-2,4,6-10,14H,3,5,11-12H2,(H,21,22)/t14-/m1/s1. The highest BCUT2D eigenvalue weighted by Gasteiger charge is 2.30. The summed E-state index contributed by atoms with van der Waals surface area (Å²) in [4.78, 5) is 23.5. The highest BCUT2D eigenvalue weighted by molar-refractivity contribution is 5.53. The van der Waals surface area contributed by atoms with Gasteiger partial charge in [-0.1, -0.05) is 6.07 Å². The molecule has 6 heteroatoms. The number of hydrogen-bond donors (Lipinski definition) is 1. The molecular weight excluding hydrogens is 288 g/mol. The predicted octanol–water partition coefficient (Wildman–Crippen LogP) is 2.60. The Labute approximate surface area is 134 Å². The topological polar surface area (TPSA) is 70.6 Å². The number of likely N-dealkylation sites (tertiary alicyclic amines) is 1. The number of rotatable bonds is 4. The highest BCUT2D eigenvalue weighted by Crippen LogP contribution is 2.35. The molecule has 0 amide bonds. The molecule has 23 heavy (non-hydrogen) atoms. The molecule has 1 atom stereocenters. The minimum absolute atomic E-state index is 0.255. The second kappa shape index (κ2) is 6.26. The molecular formula is C17H18N6. The molecule has 6 nitrogen and oxygen atoms in total. The normalized spacial score (nSPS) is 18.3. The molecule has 0 radical (unpaired) electrons. The van der Waals surface area contributed by atoms with Crippen molar-refractivity contribution in [1.29, 1.82) is 0 Å². The molecule has 0 unspecified atom stereocenters. The van der Waals surface area contributed by atoms with E-state index in [1.807, 2.05) is 24.5 Å². The van der Waals surface area contributed by atoms with Crippen molar-refractivity contribution in [3.63, 3.8) is 0 Å². The van der Waals surface area contributed by atoms with Crippen LogP contribution in [0.2, 0.25) is 0 Å². The van der Waals surface area contributed by atoms with Gasteiger partial charge in [0, 0.05) is 37.5 Å². The maximum atomic E-state index is 4.62. The highest BCUT2D eigenvalue weighted by atomic mass is 15.2. The summed E-state index contributed by atoms with van der Waals surface area (Å²) in [7, 11) is 0. The number of nitrogens with zero attached hydrogens (tertiary/aromatic N) is 5. The van der Waals surface area contributed by atoms with Crippen LogP contribution in [0.4, 0.5) is 0 Å². The summed E-state index contributed by atoms with van der Waals surface area (Å²) in [5.74, 6) is 0.776. The zero-order chi connectivity index (χ0) is 15.5. The van der Waals surface area contributed by atoms with Crippen molar-refractivity contribution >= 4 is 0 Å². The second-order valence-corrected chi connectivity index (χ2v) is 5.68. The third-order valence-electron chi connectivity index (χ3n) is 4.22. The number of aromatic amines is 1. The van der Waals surface area contributed by atoms with Crippen LogP contribution in [0.1, 0.15) is 30.3 Å². The van der Waals surface area contributed by atoms with Gasteiger partial charge >= 0.3 is 0 Å². The fourth-order valence-corrected chi connectivity index (χ4v) is 3.19. The van der Waals surface area contributed by atoms with Crippen LogP contribution < -0.4 is 0 Å². The van der Waals surface area contributed by atoms with Gasteiger partial charge in [-0.25, -0.2) is 9.97 Å². The van der Waals surface area contributed by atoms with E-state index in [2.05, 4.69) is 35.9 Å². The molecule has 4 heterocycles. The van der Waals surface area contributed by atoms with Gasteiger partial charge in [0.15, 0.2) is 5.82 Å². The number of H-pyrrole nitrogens is 1. The van der Waals surface area contributed by atoms with Gasteiger partial charge in [0.25, 0.3) is 0 Å². The SMILES string of the molecule is c1ccc(CN2CCC[C@@H]2c2nccnc2-c2ncc[nH]2)nc1. The first-order valence-corrected chi connectivity index (χ1v) is 7.86. The summed E-state index contributed by atoms with van der Waals surface area (Å²) in [6.07, 6.45) is 11.1. The molecule has 1 aliphatic heterocycles. The van der Waals surface area contributed by atoms with Crippen molar-refractivity contribution in [2.45, 2.75) is 25.4 Å². The summed E-state index contributed by atoms with van der Waals surface area (Å²) < 4.78 is 0. The predicted molar refractivity (Wildman–Crippen MR) is 86.2 cm³/mol. The van der Waals surface area contributed by atoms with Crippen LogP contribution in [-0.4, -0.2) is 36.4 Å². The fourth-order valence-electron chi connectivity index (χ4n) is 3.19. The lowest BCUT2D eigenvalue weighted by atomic mass is 10.1. The van der Waals surface area contributed by atoms with Crippen LogP contribution in [0.15, 0.2) is 49.2 Å². The van der Waals surface area contributed by atoms with E-state index >= 15 is 0 Å². The summed E-state index contributed by atoms with van der Waals surface area (Å²) >= 11 is 0. The zero-order valence-electron chi connectivity index (χ0n) is 12.8. The monoisotopic (exact) mass is 306 g/mol. The first kappa shape index (κ1) is 14.0. The molecule has 0 saturated carbocycles. The molecule has 1 N–H and O–H groups in total. The molecule has 3 aromatic heterocycles. The van der Waals surface area contributed by atoms with Crippen LogP contribution in [-0.2, 0) is 6.54 Å². The number of aromatic nitrogens is 5. The summed E-state index contributed by atoms with van der Waals surface area (Å²) in [6, 6.07) is 6.30. The van der Waals surface area contributed by atoms with Crippen molar-refractivity contribution < 1.29 is 0 Å². The largest absolute Gasteiger partial charge is 0.343 e. The molecule has 0 bridgehead atoms. The van der Waals surface area contributed by atoms with E-state index < -0.39 is 0 Å². The Morgan fingerprint density at radius 3 is 2.83 bits per heavy atom. The van der Waals surface area contributed by atoms with E-state index in [9.17, 15) is 0 Å². The van der Waals surface area contributed by atoms with Crippen molar-refractivity contribution in [3.05, 3.63) is 60.6 Å². The van der Waals surface area contributed by atoms with E-state index in [4.69, 9.17) is 0 Å². The lowest BCUT2D eigenvalue weighted by Gasteiger charge is -2.24. The molecule has 0 aliphatic carbocycles. The molecule has 1 fully saturated rings. The maximum Gasteiger partial charge on any atom is 0.157 e. The van der Waals surface area contributed by atoms with E-state index in [1.165, 1.54) is 0 Å². The van der Waals surface area contributed by atoms with Crippen LogP contribution >= 0.6 is 0 Å². The van der Waals surface area contributed by atoms with Gasteiger partial charge in [0.2, 0.25) is 0 Å². The average Bonchev–Trinajstić information content (AvgIpc) is 3.27. The van der Waals surface area contributed by atoms with Gasteiger partial charge in [0.05, 0.1) is 17.4 Å². The second-order valence-electron chi connectivity index (χ2n) is 5.68. The molecule has 116 valence electrons. The lowest BCUT2D eigenvalue weighted by molar-refractivity contribution is 0.241. The van der Waals surface area contributed by atoms with Crippen LogP contribution in [0.25, 0.3) is 11.5 Å². The van der Waals surface area contributed by atoms with Crippen molar-refractivity contribution in [3.8, 4) is 11.5 Å². The molecule has 0 aromatic carbocycles. The van der Waals surface area contributed by atoms with Crippen LogP contribution in [0.5, 0.6) is 0 Å². The minimum atomic E-state index is 0.255. The van der Waals surface area contributed by atoms with E-state index in [0.29, 0.717) is 0 Å². The van der Waals surface area contributed by atoms with Crippen molar-refractivity contribution in [1.82, 2.24) is 29.8 Å². The maximum absolute atomic E-state index is 4.62. The zero-order valence-corrected chi connectivity index (χ0v) is 12.8. The quantitative estimate of drug-likeness (QED) is 0.802. The first-order valence-electron chi connectivity index (χ1n) is 7.86. The van der Waals surface area contributed by atoms with E-state index in [1.54, 1.807) is 18.6 Å². The Kier molecular flexibility index (Phi) is 3.81. The average molecular weight is 306 g/mol. The minimum Gasteiger partial charge on any atom is -0.343 e. The summed E-state index contributed by atoms with van der Waals surface area (Å²) in [5.41, 5.74) is 2.93. The Morgan fingerprint density at radius 1 is 1.04 bits per heavy atom. The first-order chi connectivity index (χ1) is 11.4. The van der Waals surface area contributed by atoms with Gasteiger partial charge in [-0.15, -0.1) is 0 Å². The third-order valence-corrected chi connectivity index (χ3v) is 4.22. The Morgan fingerprint density at radius 2 is 2.00 bits per heavy atom. The number of imidazole rings is 1. The van der Waals surface area contributed by atoms with Crippen LogP contribution in [0, 0.1) is 0 Å². The Balaban J connectivity index is 1.65. The number of pyridine rings is 1. The van der Waals surface area contributed by atoms with Gasteiger partial charge in [-0.2, -0.15) is 0 Å². The Bertz CT molecular complexity index is 756. The molecule has 3 aromatic rings. The molecule has 1 aliphatic rings. The van der Waals surface area contributed by atoms with Gasteiger partial charge in [-0.05, 0) is 31.5 Å². The smallest absolute Gasteiger partial charge is 0.157 e. The molecule has 1 saturated heterocycles. The van der Waals surface area contributed by atoms with Gasteiger partial charge < -0.3 is 4.98 Å².